The van der Waals surface area contributed by atoms with Gasteiger partial charge in [0.1, 0.15) is 17.1 Å². The molecule has 0 radical (unpaired) electrons. The van der Waals surface area contributed by atoms with E-state index in [9.17, 15) is 15.0 Å². The molecule has 0 amide bonds. The van der Waals surface area contributed by atoms with E-state index in [0.717, 1.165) is 29.7 Å². The molecule has 0 spiro atoms. The fraction of sp³-hybridized carbons (Fsp3) is 0.318. The average Bonchev–Trinajstić information content (AvgIpc) is 2.89. The minimum Gasteiger partial charge on any atom is -0.508 e. The highest BCUT2D eigenvalue weighted by molar-refractivity contribution is 6.02. The fourth-order valence-electron chi connectivity index (χ4n) is 3.64. The lowest BCUT2D eigenvalue weighted by Crippen LogP contribution is -2.32. The van der Waals surface area contributed by atoms with Crippen LogP contribution in [0.15, 0.2) is 48.0 Å². The third kappa shape index (κ3) is 3.43. The number of aromatic hydroxyl groups is 1. The molecular weight excluding hydrogens is 344 g/mol. The topological polar surface area (TPSA) is 76.0 Å². The number of cyclic esters (lactones) is 1. The summed E-state index contributed by atoms with van der Waals surface area (Å²) in [6.45, 7) is 4.16. The molecule has 0 bridgehead atoms. The normalized spacial score (nSPS) is 20.9. The van der Waals surface area contributed by atoms with Crippen LogP contribution in [0.1, 0.15) is 37.0 Å². The van der Waals surface area contributed by atoms with Crippen LogP contribution >= 0.6 is 0 Å². The molecule has 4 rings (SSSR count). The maximum Gasteiger partial charge on any atom is 0.337 e. The SMILES string of the molecule is CC1(C)CCc2cc(CC3=C(c4ccc(O)cc4)C(O)OC3=O)ccc2O1. The Morgan fingerprint density at radius 2 is 1.89 bits per heavy atom. The lowest BCUT2D eigenvalue weighted by Gasteiger charge is -2.32. The summed E-state index contributed by atoms with van der Waals surface area (Å²) in [6.07, 6.45) is 0.931. The number of esters is 1. The molecule has 0 saturated heterocycles. The largest absolute Gasteiger partial charge is 0.508 e. The number of aliphatic hydroxyl groups is 1. The van der Waals surface area contributed by atoms with Crippen molar-refractivity contribution in [3.63, 3.8) is 0 Å². The van der Waals surface area contributed by atoms with Gasteiger partial charge in [-0.15, -0.1) is 0 Å². The first-order valence-electron chi connectivity index (χ1n) is 9.05. The Balaban J connectivity index is 1.67. The van der Waals surface area contributed by atoms with Gasteiger partial charge in [0.15, 0.2) is 0 Å². The summed E-state index contributed by atoms with van der Waals surface area (Å²) in [5.74, 6) is 0.496. The first-order chi connectivity index (χ1) is 12.8. The predicted molar refractivity (Wildman–Crippen MR) is 100 cm³/mol. The van der Waals surface area contributed by atoms with Gasteiger partial charge in [0.05, 0.1) is 5.57 Å². The molecule has 27 heavy (non-hydrogen) atoms. The summed E-state index contributed by atoms with van der Waals surface area (Å²) >= 11 is 0. The number of benzene rings is 2. The molecule has 2 aliphatic rings. The van der Waals surface area contributed by atoms with E-state index in [1.165, 1.54) is 12.1 Å². The van der Waals surface area contributed by atoms with Crippen LogP contribution in [0.4, 0.5) is 0 Å². The van der Waals surface area contributed by atoms with Crippen LogP contribution in [-0.4, -0.2) is 28.1 Å². The van der Waals surface area contributed by atoms with E-state index in [1.54, 1.807) is 12.1 Å². The Hall–Kier alpha value is -2.79. The smallest absolute Gasteiger partial charge is 0.337 e. The number of aryl methyl sites for hydroxylation is 1. The standard InChI is InChI=1S/C22H22O5/c1-22(2)10-9-15-11-13(3-8-18(15)27-22)12-17-19(21(25)26-20(17)24)14-4-6-16(23)7-5-14/h3-8,11,21,23,25H,9-10,12H2,1-2H3. The summed E-state index contributed by atoms with van der Waals surface area (Å²) in [6, 6.07) is 12.3. The quantitative estimate of drug-likeness (QED) is 0.815. The number of phenolic OH excluding ortho intramolecular Hbond substituents is 1. The molecule has 2 heterocycles. The Labute approximate surface area is 157 Å². The second-order valence-corrected chi connectivity index (χ2v) is 7.68. The van der Waals surface area contributed by atoms with Gasteiger partial charge in [0, 0.05) is 12.0 Å². The van der Waals surface area contributed by atoms with Crippen molar-refractivity contribution < 1.29 is 24.5 Å². The van der Waals surface area contributed by atoms with Gasteiger partial charge >= 0.3 is 5.97 Å². The number of carbonyl (C=O) groups excluding carboxylic acids is 1. The van der Waals surface area contributed by atoms with E-state index in [4.69, 9.17) is 9.47 Å². The highest BCUT2D eigenvalue weighted by Crippen LogP contribution is 2.36. The van der Waals surface area contributed by atoms with Crippen molar-refractivity contribution in [2.75, 3.05) is 0 Å². The van der Waals surface area contributed by atoms with Gasteiger partial charge in [0.2, 0.25) is 6.29 Å². The Morgan fingerprint density at radius 1 is 1.15 bits per heavy atom. The molecule has 2 aromatic rings. The van der Waals surface area contributed by atoms with Gasteiger partial charge in [-0.2, -0.15) is 0 Å². The second kappa shape index (κ2) is 6.43. The number of fused-ring (bicyclic) bond motifs is 1. The summed E-state index contributed by atoms with van der Waals surface area (Å²) < 4.78 is 11.1. The van der Waals surface area contributed by atoms with Crippen LogP contribution in [-0.2, 0) is 22.4 Å². The van der Waals surface area contributed by atoms with Crippen LogP contribution in [0, 0.1) is 0 Å². The van der Waals surface area contributed by atoms with Crippen LogP contribution in [0.2, 0.25) is 0 Å². The van der Waals surface area contributed by atoms with E-state index in [1.807, 2.05) is 12.1 Å². The van der Waals surface area contributed by atoms with Crippen LogP contribution < -0.4 is 4.74 Å². The zero-order chi connectivity index (χ0) is 19.2. The second-order valence-electron chi connectivity index (χ2n) is 7.68. The van der Waals surface area contributed by atoms with Crippen molar-refractivity contribution in [3.05, 3.63) is 64.7 Å². The molecule has 0 aliphatic carbocycles. The van der Waals surface area contributed by atoms with E-state index in [-0.39, 0.29) is 11.4 Å². The molecule has 140 valence electrons. The molecule has 5 heteroatoms. The summed E-state index contributed by atoms with van der Waals surface area (Å²) in [7, 11) is 0. The molecule has 1 unspecified atom stereocenters. The average molecular weight is 366 g/mol. The van der Waals surface area contributed by atoms with Gasteiger partial charge in [-0.1, -0.05) is 24.3 Å². The Bertz CT molecular complexity index is 924. The highest BCUT2D eigenvalue weighted by atomic mass is 16.6. The fourth-order valence-corrected chi connectivity index (χ4v) is 3.64. The Morgan fingerprint density at radius 3 is 2.63 bits per heavy atom. The van der Waals surface area contributed by atoms with Crippen molar-refractivity contribution >= 4 is 11.5 Å². The molecule has 0 saturated carbocycles. The van der Waals surface area contributed by atoms with Gasteiger partial charge in [-0.3, -0.25) is 0 Å². The Kier molecular flexibility index (Phi) is 4.19. The zero-order valence-electron chi connectivity index (χ0n) is 15.4. The first kappa shape index (κ1) is 17.6. The van der Waals surface area contributed by atoms with Gasteiger partial charge in [0.25, 0.3) is 0 Å². The number of phenols is 1. The third-order valence-corrected chi connectivity index (χ3v) is 5.10. The van der Waals surface area contributed by atoms with Gasteiger partial charge in [-0.05, 0) is 61.6 Å². The number of carbonyl (C=O) groups is 1. The molecule has 5 nitrogen and oxygen atoms in total. The molecular formula is C22H22O5. The van der Waals surface area contributed by atoms with Crippen molar-refractivity contribution in [3.8, 4) is 11.5 Å². The lowest BCUT2D eigenvalue weighted by atomic mass is 9.91. The summed E-state index contributed by atoms with van der Waals surface area (Å²) in [5.41, 5.74) is 3.48. The van der Waals surface area contributed by atoms with E-state index in [2.05, 4.69) is 19.9 Å². The van der Waals surface area contributed by atoms with Crippen LogP contribution in [0.25, 0.3) is 5.57 Å². The number of aliphatic hydroxyl groups excluding tert-OH is 1. The van der Waals surface area contributed by atoms with Crippen LogP contribution in [0.3, 0.4) is 0 Å². The highest BCUT2D eigenvalue weighted by Gasteiger charge is 2.34. The lowest BCUT2D eigenvalue weighted by molar-refractivity contribution is -0.150. The van der Waals surface area contributed by atoms with Crippen molar-refractivity contribution in [1.82, 2.24) is 0 Å². The predicted octanol–water partition coefficient (Wildman–Crippen LogP) is 3.37. The van der Waals surface area contributed by atoms with Crippen molar-refractivity contribution in [2.45, 2.75) is 45.0 Å². The molecule has 0 fully saturated rings. The minimum atomic E-state index is -1.29. The number of ether oxygens (including phenoxy) is 2. The summed E-state index contributed by atoms with van der Waals surface area (Å²) in [4.78, 5) is 12.3. The number of hydrogen-bond donors (Lipinski definition) is 2. The minimum absolute atomic E-state index is 0.123. The third-order valence-electron chi connectivity index (χ3n) is 5.10. The van der Waals surface area contributed by atoms with E-state index < -0.39 is 12.3 Å². The first-order valence-corrected chi connectivity index (χ1v) is 9.05. The molecule has 2 aliphatic heterocycles. The van der Waals surface area contributed by atoms with Gasteiger partial charge < -0.3 is 19.7 Å². The maximum atomic E-state index is 12.3. The monoisotopic (exact) mass is 366 g/mol. The molecule has 1 atom stereocenters. The maximum absolute atomic E-state index is 12.3. The summed E-state index contributed by atoms with van der Waals surface area (Å²) in [5, 5.41) is 19.7. The van der Waals surface area contributed by atoms with Gasteiger partial charge in [-0.25, -0.2) is 4.79 Å². The van der Waals surface area contributed by atoms with E-state index in [0.29, 0.717) is 23.1 Å². The number of hydrogen-bond acceptors (Lipinski definition) is 5. The van der Waals surface area contributed by atoms with Crippen LogP contribution in [0.5, 0.6) is 11.5 Å². The zero-order valence-corrected chi connectivity index (χ0v) is 15.4. The van der Waals surface area contributed by atoms with E-state index >= 15 is 0 Å². The molecule has 2 N–H and O–H groups in total. The number of rotatable bonds is 3. The molecule has 0 aromatic heterocycles. The van der Waals surface area contributed by atoms with Crippen molar-refractivity contribution in [1.29, 1.82) is 0 Å². The van der Waals surface area contributed by atoms with Crippen molar-refractivity contribution in [2.24, 2.45) is 0 Å². The molecule has 2 aromatic carbocycles.